The molecule has 2 saturated heterocycles. The summed E-state index contributed by atoms with van der Waals surface area (Å²) in [5.74, 6) is 0.664. The van der Waals surface area contributed by atoms with Gasteiger partial charge >= 0.3 is 0 Å². The Bertz CT molecular complexity index is 802. The first-order valence-electron chi connectivity index (χ1n) is 10.3. The van der Waals surface area contributed by atoms with E-state index in [9.17, 15) is 4.79 Å². The van der Waals surface area contributed by atoms with Crippen LogP contribution in [0.25, 0.3) is 4.96 Å². The van der Waals surface area contributed by atoms with Crippen LogP contribution in [0.4, 0.5) is 0 Å². The van der Waals surface area contributed by atoms with Crippen LogP contribution < -0.4 is 0 Å². The molecule has 0 radical (unpaired) electrons. The van der Waals surface area contributed by atoms with Crippen LogP contribution in [0, 0.1) is 5.92 Å². The van der Waals surface area contributed by atoms with Crippen molar-refractivity contribution < 1.29 is 9.53 Å². The Hall–Kier alpha value is -1.48. The molecule has 2 aliphatic heterocycles. The molecule has 7 nitrogen and oxygen atoms in total. The molecule has 154 valence electrons. The minimum absolute atomic E-state index is 0.0895. The molecule has 2 aliphatic rings. The van der Waals surface area contributed by atoms with Crippen molar-refractivity contribution in [3.8, 4) is 0 Å². The Labute approximate surface area is 170 Å². The highest BCUT2D eigenvalue weighted by Crippen LogP contribution is 2.24. The molecular formula is C20H31N5O2S. The highest BCUT2D eigenvalue weighted by atomic mass is 32.1. The van der Waals surface area contributed by atoms with Crippen LogP contribution >= 0.6 is 11.3 Å². The zero-order valence-corrected chi connectivity index (χ0v) is 17.8. The minimum Gasteiger partial charge on any atom is -0.384 e. The van der Waals surface area contributed by atoms with Gasteiger partial charge in [0.15, 0.2) is 10.7 Å². The molecule has 2 aromatic rings. The number of aromatic nitrogens is 2. The lowest BCUT2D eigenvalue weighted by Gasteiger charge is -2.32. The molecule has 1 amide bonds. The first kappa shape index (κ1) is 19.8. The van der Waals surface area contributed by atoms with E-state index >= 15 is 0 Å². The largest absolute Gasteiger partial charge is 0.384 e. The highest BCUT2D eigenvalue weighted by Gasteiger charge is 2.28. The summed E-state index contributed by atoms with van der Waals surface area (Å²) in [6, 6.07) is 0. The number of hydrogen-bond acceptors (Lipinski definition) is 6. The number of carbonyl (C=O) groups excluding carboxylic acids is 1. The average molecular weight is 406 g/mol. The van der Waals surface area contributed by atoms with Gasteiger partial charge in [0, 0.05) is 51.4 Å². The number of fused-ring (bicyclic) bond motifs is 1. The van der Waals surface area contributed by atoms with E-state index in [0.717, 1.165) is 69.5 Å². The fraction of sp³-hybridized carbons (Fsp3) is 0.700. The van der Waals surface area contributed by atoms with Gasteiger partial charge in [0.05, 0.1) is 12.3 Å². The van der Waals surface area contributed by atoms with Gasteiger partial charge in [-0.15, -0.1) is 11.3 Å². The molecule has 2 aromatic heterocycles. The molecule has 0 bridgehead atoms. The van der Waals surface area contributed by atoms with Crippen LogP contribution in [-0.4, -0.2) is 90.0 Å². The number of carbonyl (C=O) groups is 1. The number of likely N-dealkylation sites (tertiary alicyclic amines) is 1. The van der Waals surface area contributed by atoms with Gasteiger partial charge in [0.1, 0.15) is 0 Å². The van der Waals surface area contributed by atoms with Crippen molar-refractivity contribution in [3.05, 3.63) is 23.0 Å². The number of rotatable bonds is 5. The monoisotopic (exact) mass is 405 g/mol. The number of hydrogen-bond donors (Lipinski definition) is 0. The summed E-state index contributed by atoms with van der Waals surface area (Å²) in [7, 11) is 3.90. The molecule has 0 saturated carbocycles. The first-order valence-corrected chi connectivity index (χ1v) is 11.2. The SMILES string of the molecule is COCC1CCCN(Cc2c(C(=O)N3CCCN(C)CC3)nc3sccn23)C1. The topological polar surface area (TPSA) is 53.3 Å². The fourth-order valence-electron chi connectivity index (χ4n) is 4.43. The normalized spacial score (nSPS) is 22.6. The number of thiazole rings is 1. The lowest BCUT2D eigenvalue weighted by Crippen LogP contribution is -2.38. The lowest BCUT2D eigenvalue weighted by molar-refractivity contribution is 0.0746. The van der Waals surface area contributed by atoms with E-state index in [1.54, 1.807) is 18.4 Å². The summed E-state index contributed by atoms with van der Waals surface area (Å²) in [6.07, 6.45) is 5.47. The van der Waals surface area contributed by atoms with Gasteiger partial charge in [-0.2, -0.15) is 0 Å². The first-order chi connectivity index (χ1) is 13.7. The third kappa shape index (κ3) is 4.25. The Morgan fingerprint density at radius 3 is 3.00 bits per heavy atom. The number of likely N-dealkylation sites (N-methyl/N-ethyl adjacent to an activating group) is 1. The highest BCUT2D eigenvalue weighted by molar-refractivity contribution is 7.15. The third-order valence-electron chi connectivity index (χ3n) is 5.95. The van der Waals surface area contributed by atoms with E-state index < -0.39 is 0 Å². The van der Waals surface area contributed by atoms with Crippen LogP contribution in [-0.2, 0) is 11.3 Å². The van der Waals surface area contributed by atoms with Crippen LogP contribution in [0.3, 0.4) is 0 Å². The predicted molar refractivity (Wildman–Crippen MR) is 111 cm³/mol. The maximum absolute atomic E-state index is 13.4. The molecule has 4 rings (SSSR count). The molecule has 2 fully saturated rings. The second-order valence-corrected chi connectivity index (χ2v) is 8.98. The lowest BCUT2D eigenvalue weighted by atomic mass is 9.99. The predicted octanol–water partition coefficient (Wildman–Crippen LogP) is 2.03. The smallest absolute Gasteiger partial charge is 0.274 e. The maximum atomic E-state index is 13.4. The molecule has 0 spiro atoms. The Kier molecular flexibility index (Phi) is 6.30. The Morgan fingerprint density at radius 1 is 1.25 bits per heavy atom. The van der Waals surface area contributed by atoms with Crippen molar-refractivity contribution >= 4 is 22.2 Å². The van der Waals surface area contributed by atoms with Crippen molar-refractivity contribution in [2.45, 2.75) is 25.8 Å². The molecule has 4 heterocycles. The van der Waals surface area contributed by atoms with Crippen molar-refractivity contribution in [2.75, 3.05) is 60.0 Å². The quantitative estimate of drug-likeness (QED) is 0.762. The zero-order valence-electron chi connectivity index (χ0n) is 17.0. The van der Waals surface area contributed by atoms with Crippen LogP contribution in [0.2, 0.25) is 0 Å². The van der Waals surface area contributed by atoms with Gasteiger partial charge < -0.3 is 14.5 Å². The van der Waals surface area contributed by atoms with Crippen molar-refractivity contribution in [2.24, 2.45) is 5.92 Å². The molecule has 28 heavy (non-hydrogen) atoms. The summed E-state index contributed by atoms with van der Waals surface area (Å²) in [4.78, 5) is 25.8. The summed E-state index contributed by atoms with van der Waals surface area (Å²) in [5, 5.41) is 2.05. The van der Waals surface area contributed by atoms with Crippen molar-refractivity contribution in [3.63, 3.8) is 0 Å². The number of imidazole rings is 1. The molecule has 1 atom stereocenters. The number of methoxy groups -OCH3 is 1. The fourth-order valence-corrected chi connectivity index (χ4v) is 5.17. The molecule has 0 N–H and O–H groups in total. The van der Waals surface area contributed by atoms with Crippen molar-refractivity contribution in [1.82, 2.24) is 24.1 Å². The van der Waals surface area contributed by atoms with Gasteiger partial charge in [-0.3, -0.25) is 14.1 Å². The third-order valence-corrected chi connectivity index (χ3v) is 6.71. The summed E-state index contributed by atoms with van der Waals surface area (Å²) in [6.45, 7) is 7.23. The van der Waals surface area contributed by atoms with E-state index in [0.29, 0.717) is 11.6 Å². The second-order valence-electron chi connectivity index (χ2n) is 8.11. The van der Waals surface area contributed by atoms with E-state index in [4.69, 9.17) is 9.72 Å². The number of ether oxygens (including phenoxy) is 1. The standard InChI is InChI=1S/C20H31N5O2S/c1-22-6-4-8-24(10-9-22)19(26)18-17(25-11-12-28-20(25)21-18)14-23-7-3-5-16(13-23)15-27-2/h11-12,16H,3-10,13-15H2,1-2H3. The maximum Gasteiger partial charge on any atom is 0.274 e. The molecule has 8 heteroatoms. The number of nitrogens with zero attached hydrogens (tertiary/aromatic N) is 5. The average Bonchev–Trinajstić information content (AvgIpc) is 3.20. The van der Waals surface area contributed by atoms with Gasteiger partial charge in [-0.25, -0.2) is 4.98 Å². The van der Waals surface area contributed by atoms with Crippen LogP contribution in [0.5, 0.6) is 0 Å². The Morgan fingerprint density at radius 2 is 2.14 bits per heavy atom. The Balaban J connectivity index is 1.55. The van der Waals surface area contributed by atoms with Gasteiger partial charge in [0.25, 0.3) is 5.91 Å². The number of piperidine rings is 1. The van der Waals surface area contributed by atoms with E-state index in [-0.39, 0.29) is 5.91 Å². The van der Waals surface area contributed by atoms with Gasteiger partial charge in [-0.1, -0.05) is 0 Å². The summed E-state index contributed by atoms with van der Waals surface area (Å²) < 4.78 is 7.49. The van der Waals surface area contributed by atoms with E-state index in [1.165, 1.54) is 12.8 Å². The molecule has 0 aromatic carbocycles. The van der Waals surface area contributed by atoms with E-state index in [1.807, 2.05) is 16.5 Å². The summed E-state index contributed by atoms with van der Waals surface area (Å²) in [5.41, 5.74) is 1.68. The molecule has 1 unspecified atom stereocenters. The second kappa shape index (κ2) is 8.90. The zero-order chi connectivity index (χ0) is 19.5. The number of amides is 1. The van der Waals surface area contributed by atoms with Gasteiger partial charge in [-0.05, 0) is 45.3 Å². The van der Waals surface area contributed by atoms with Crippen molar-refractivity contribution in [1.29, 1.82) is 0 Å². The molecule has 0 aliphatic carbocycles. The van der Waals surface area contributed by atoms with Crippen LogP contribution in [0.1, 0.15) is 35.4 Å². The van der Waals surface area contributed by atoms with Gasteiger partial charge in [0.2, 0.25) is 0 Å². The minimum atomic E-state index is 0.0895. The van der Waals surface area contributed by atoms with Crippen LogP contribution in [0.15, 0.2) is 11.6 Å². The van der Waals surface area contributed by atoms with E-state index in [2.05, 4.69) is 21.2 Å². The molecular weight excluding hydrogens is 374 g/mol. The summed E-state index contributed by atoms with van der Waals surface area (Å²) >= 11 is 1.60.